The van der Waals surface area contributed by atoms with Crippen LogP contribution in [0.5, 0.6) is 0 Å². The molecule has 0 radical (unpaired) electrons. The number of carbonyl (C=O) groups is 2. The van der Waals surface area contributed by atoms with Crippen LogP contribution in [0.4, 0.5) is 13.2 Å². The molecule has 24 heavy (non-hydrogen) atoms. The van der Waals surface area contributed by atoms with Gasteiger partial charge in [0.15, 0.2) is 0 Å². The van der Waals surface area contributed by atoms with Crippen LogP contribution in [0.3, 0.4) is 0 Å². The maximum atomic E-state index is 12.5. The van der Waals surface area contributed by atoms with Crippen molar-refractivity contribution in [2.45, 2.75) is 32.1 Å². The maximum absolute atomic E-state index is 12.5. The molecule has 0 saturated carbocycles. The van der Waals surface area contributed by atoms with Crippen LogP contribution in [0.15, 0.2) is 24.3 Å². The number of aliphatic carboxylic acids is 1. The SMILES string of the molecule is CCC(C(=O)O)N1CCN(Cc2ccc(C(F)(F)F)cc2)C(=O)C1. The van der Waals surface area contributed by atoms with Crippen molar-refractivity contribution in [3.05, 3.63) is 35.4 Å². The van der Waals surface area contributed by atoms with Gasteiger partial charge in [-0.2, -0.15) is 13.2 Å². The average Bonchev–Trinajstić information content (AvgIpc) is 2.50. The molecule has 1 N–H and O–H groups in total. The molecule has 1 amide bonds. The van der Waals surface area contributed by atoms with Gasteiger partial charge in [-0.15, -0.1) is 0 Å². The van der Waals surface area contributed by atoms with Gasteiger partial charge in [0.2, 0.25) is 5.91 Å². The third-order valence-electron chi connectivity index (χ3n) is 4.12. The molecule has 2 rings (SSSR count). The molecule has 0 spiro atoms. The van der Waals surface area contributed by atoms with Gasteiger partial charge in [-0.05, 0) is 24.1 Å². The Morgan fingerprint density at radius 1 is 1.25 bits per heavy atom. The zero-order valence-electron chi connectivity index (χ0n) is 13.2. The molecule has 0 aliphatic carbocycles. The largest absolute Gasteiger partial charge is 0.480 e. The van der Waals surface area contributed by atoms with Crippen LogP contribution in [-0.2, 0) is 22.3 Å². The molecule has 1 aliphatic rings. The van der Waals surface area contributed by atoms with E-state index < -0.39 is 23.8 Å². The summed E-state index contributed by atoms with van der Waals surface area (Å²) in [5.74, 6) is -1.18. The molecule has 1 atom stereocenters. The van der Waals surface area contributed by atoms with Crippen LogP contribution in [0, 0.1) is 0 Å². The molecule has 0 bridgehead atoms. The number of halogens is 3. The average molecular weight is 344 g/mol. The first-order valence-corrected chi connectivity index (χ1v) is 7.63. The van der Waals surface area contributed by atoms with E-state index in [1.165, 1.54) is 17.0 Å². The van der Waals surface area contributed by atoms with Crippen LogP contribution in [0.25, 0.3) is 0 Å². The molecule has 1 aromatic carbocycles. The van der Waals surface area contributed by atoms with E-state index in [9.17, 15) is 22.8 Å². The Morgan fingerprint density at radius 3 is 2.33 bits per heavy atom. The second-order valence-electron chi connectivity index (χ2n) is 5.74. The number of alkyl halides is 3. The van der Waals surface area contributed by atoms with E-state index in [-0.39, 0.29) is 19.0 Å². The summed E-state index contributed by atoms with van der Waals surface area (Å²) in [6.45, 7) is 2.75. The third-order valence-corrected chi connectivity index (χ3v) is 4.12. The van der Waals surface area contributed by atoms with Gasteiger partial charge in [-0.25, -0.2) is 0 Å². The fourth-order valence-electron chi connectivity index (χ4n) is 2.77. The van der Waals surface area contributed by atoms with Crippen molar-refractivity contribution in [1.82, 2.24) is 9.80 Å². The monoisotopic (exact) mass is 344 g/mol. The fourth-order valence-corrected chi connectivity index (χ4v) is 2.77. The fraction of sp³-hybridized carbons (Fsp3) is 0.500. The molecule has 1 aliphatic heterocycles. The van der Waals surface area contributed by atoms with E-state index in [0.29, 0.717) is 25.1 Å². The van der Waals surface area contributed by atoms with Crippen LogP contribution >= 0.6 is 0 Å². The lowest BCUT2D eigenvalue weighted by atomic mass is 10.1. The highest BCUT2D eigenvalue weighted by Gasteiger charge is 2.32. The predicted octanol–water partition coefficient (Wildman–Crippen LogP) is 2.21. The summed E-state index contributed by atoms with van der Waals surface area (Å²) in [5, 5.41) is 9.15. The molecule has 132 valence electrons. The highest BCUT2D eigenvalue weighted by Crippen LogP contribution is 2.29. The molecule has 1 fully saturated rings. The Morgan fingerprint density at radius 2 is 1.88 bits per heavy atom. The van der Waals surface area contributed by atoms with Crippen LogP contribution in [0.1, 0.15) is 24.5 Å². The van der Waals surface area contributed by atoms with Crippen LogP contribution < -0.4 is 0 Å². The van der Waals surface area contributed by atoms with Crippen molar-refractivity contribution in [2.75, 3.05) is 19.6 Å². The quantitative estimate of drug-likeness (QED) is 0.890. The predicted molar refractivity (Wildman–Crippen MR) is 80.1 cm³/mol. The second kappa shape index (κ2) is 7.21. The van der Waals surface area contributed by atoms with Crippen LogP contribution in [0.2, 0.25) is 0 Å². The molecule has 1 unspecified atom stereocenters. The first kappa shape index (κ1) is 18.3. The molecule has 8 heteroatoms. The van der Waals surface area contributed by atoms with E-state index >= 15 is 0 Å². The first-order valence-electron chi connectivity index (χ1n) is 7.63. The summed E-state index contributed by atoms with van der Waals surface area (Å²) < 4.78 is 37.6. The Hall–Kier alpha value is -2.09. The van der Waals surface area contributed by atoms with Gasteiger partial charge in [0.05, 0.1) is 12.1 Å². The van der Waals surface area contributed by atoms with E-state index in [1.54, 1.807) is 11.8 Å². The number of nitrogens with zero attached hydrogens (tertiary/aromatic N) is 2. The van der Waals surface area contributed by atoms with Crippen molar-refractivity contribution in [1.29, 1.82) is 0 Å². The Balaban J connectivity index is 1.98. The van der Waals surface area contributed by atoms with Gasteiger partial charge >= 0.3 is 12.1 Å². The van der Waals surface area contributed by atoms with E-state index in [4.69, 9.17) is 5.11 Å². The van der Waals surface area contributed by atoms with E-state index in [1.807, 2.05) is 0 Å². The number of hydrogen-bond donors (Lipinski definition) is 1. The standard InChI is InChI=1S/C16H19F3N2O3/c1-2-13(15(23)24)20-7-8-21(14(22)10-20)9-11-3-5-12(6-4-11)16(17,18)19/h3-6,13H,2,7-10H2,1H3,(H,23,24). The third kappa shape index (κ3) is 4.25. The van der Waals surface area contributed by atoms with Gasteiger partial charge < -0.3 is 10.0 Å². The number of carboxylic acids is 1. The summed E-state index contributed by atoms with van der Waals surface area (Å²) in [7, 11) is 0. The van der Waals surface area contributed by atoms with Gasteiger partial charge in [-0.3, -0.25) is 14.5 Å². The molecular weight excluding hydrogens is 325 g/mol. The summed E-state index contributed by atoms with van der Waals surface area (Å²) in [4.78, 5) is 26.5. The topological polar surface area (TPSA) is 60.9 Å². The Kier molecular flexibility index (Phi) is 5.48. The van der Waals surface area contributed by atoms with Crippen molar-refractivity contribution < 1.29 is 27.9 Å². The molecule has 1 saturated heterocycles. The van der Waals surface area contributed by atoms with Gasteiger partial charge in [-0.1, -0.05) is 19.1 Å². The van der Waals surface area contributed by atoms with E-state index in [0.717, 1.165) is 12.1 Å². The van der Waals surface area contributed by atoms with E-state index in [2.05, 4.69) is 0 Å². The van der Waals surface area contributed by atoms with Crippen molar-refractivity contribution in [3.8, 4) is 0 Å². The minimum atomic E-state index is -4.38. The van der Waals surface area contributed by atoms with Gasteiger partial charge in [0.25, 0.3) is 0 Å². The lowest BCUT2D eigenvalue weighted by Crippen LogP contribution is -2.54. The lowest BCUT2D eigenvalue weighted by molar-refractivity contribution is -0.148. The normalized spacial score (nSPS) is 17.8. The molecule has 5 nitrogen and oxygen atoms in total. The number of piperazine rings is 1. The van der Waals surface area contributed by atoms with Gasteiger partial charge in [0.1, 0.15) is 6.04 Å². The zero-order valence-corrected chi connectivity index (χ0v) is 13.2. The number of carbonyl (C=O) groups excluding carboxylic acids is 1. The molecule has 1 heterocycles. The summed E-state index contributed by atoms with van der Waals surface area (Å²) in [6, 6.07) is 4.01. The summed E-state index contributed by atoms with van der Waals surface area (Å²) >= 11 is 0. The zero-order chi connectivity index (χ0) is 17.9. The Bertz CT molecular complexity index is 602. The lowest BCUT2D eigenvalue weighted by Gasteiger charge is -2.37. The highest BCUT2D eigenvalue weighted by molar-refractivity contribution is 5.81. The Labute approximate surface area is 137 Å². The minimum Gasteiger partial charge on any atom is -0.480 e. The smallest absolute Gasteiger partial charge is 0.416 e. The maximum Gasteiger partial charge on any atom is 0.416 e. The number of rotatable bonds is 5. The molecule has 1 aromatic rings. The van der Waals surface area contributed by atoms with Crippen molar-refractivity contribution in [3.63, 3.8) is 0 Å². The van der Waals surface area contributed by atoms with Crippen LogP contribution in [-0.4, -0.2) is 52.5 Å². The summed E-state index contributed by atoms with van der Waals surface area (Å²) in [5.41, 5.74) is -0.121. The van der Waals surface area contributed by atoms with Gasteiger partial charge in [0, 0.05) is 19.6 Å². The number of carboxylic acid groups (broad SMARTS) is 1. The molecule has 0 aromatic heterocycles. The summed E-state index contributed by atoms with van der Waals surface area (Å²) in [6.07, 6.45) is -3.98. The number of amides is 1. The highest BCUT2D eigenvalue weighted by atomic mass is 19.4. The number of benzene rings is 1. The molecular formula is C16H19F3N2O3. The van der Waals surface area contributed by atoms with Crippen molar-refractivity contribution in [2.24, 2.45) is 0 Å². The first-order chi connectivity index (χ1) is 11.2. The number of hydrogen-bond acceptors (Lipinski definition) is 3. The minimum absolute atomic E-state index is 0.00540. The van der Waals surface area contributed by atoms with Crippen molar-refractivity contribution >= 4 is 11.9 Å². The second-order valence-corrected chi connectivity index (χ2v) is 5.74.